The quantitative estimate of drug-likeness (QED) is 0.829. The highest BCUT2D eigenvalue weighted by Gasteiger charge is 2.38. The van der Waals surface area contributed by atoms with Crippen LogP contribution in [-0.2, 0) is 13.0 Å². The van der Waals surface area contributed by atoms with Gasteiger partial charge in [-0.1, -0.05) is 0 Å². The van der Waals surface area contributed by atoms with Crippen molar-refractivity contribution in [1.82, 2.24) is 9.78 Å². The van der Waals surface area contributed by atoms with Gasteiger partial charge in [0.2, 0.25) is 5.88 Å². The molecule has 0 atom stereocenters. The highest BCUT2D eigenvalue weighted by atomic mass is 19.3. The lowest BCUT2D eigenvalue weighted by Crippen LogP contribution is -2.17. The fourth-order valence-corrected chi connectivity index (χ4v) is 1.56. The van der Waals surface area contributed by atoms with Crippen molar-refractivity contribution < 1.29 is 18.6 Å². The number of hydrogen-bond acceptors (Lipinski definition) is 3. The van der Waals surface area contributed by atoms with Crippen LogP contribution >= 0.6 is 0 Å². The minimum atomic E-state index is -3.11. The number of rotatable bonds is 4. The Morgan fingerprint density at radius 1 is 1.53 bits per heavy atom. The zero-order chi connectivity index (χ0) is 11.6. The molecule has 15 heavy (non-hydrogen) atoms. The molecule has 1 aromatic heterocycles. The zero-order valence-corrected chi connectivity index (χ0v) is 8.92. The predicted octanol–water partition coefficient (Wildman–Crippen LogP) is 1.21. The molecular weight excluding hydrogens is 206 g/mol. The summed E-state index contributed by atoms with van der Waals surface area (Å²) in [4.78, 5) is 0. The van der Waals surface area contributed by atoms with Crippen molar-refractivity contribution in [2.24, 2.45) is 7.05 Å². The summed E-state index contributed by atoms with van der Waals surface area (Å²) in [7, 11) is 2.85. The van der Waals surface area contributed by atoms with Gasteiger partial charge in [-0.2, -0.15) is 5.10 Å². The Morgan fingerprint density at radius 2 is 2.13 bits per heavy atom. The molecule has 0 saturated heterocycles. The summed E-state index contributed by atoms with van der Waals surface area (Å²) in [6.07, 6.45) is -0.629. The Bertz CT molecular complexity index is 350. The Kier molecular flexibility index (Phi) is 3.28. The SMILES string of the molecule is COc1c(C(F)(F)CCO)c(C)nn1C. The molecule has 86 valence electrons. The lowest BCUT2D eigenvalue weighted by molar-refractivity contribution is -0.0294. The normalized spacial score (nSPS) is 11.9. The van der Waals surface area contributed by atoms with Crippen LogP contribution in [0.15, 0.2) is 0 Å². The van der Waals surface area contributed by atoms with Crippen molar-refractivity contribution in [1.29, 1.82) is 0 Å². The topological polar surface area (TPSA) is 47.3 Å². The molecular formula is C9H14F2N2O2. The van der Waals surface area contributed by atoms with Crippen LogP contribution in [0, 0.1) is 6.92 Å². The third-order valence-electron chi connectivity index (χ3n) is 2.15. The van der Waals surface area contributed by atoms with Crippen molar-refractivity contribution in [3.8, 4) is 5.88 Å². The van der Waals surface area contributed by atoms with Gasteiger partial charge in [-0.15, -0.1) is 0 Å². The number of aliphatic hydroxyl groups is 1. The molecule has 0 aliphatic heterocycles. The molecule has 1 rings (SSSR count). The van der Waals surface area contributed by atoms with Crippen LogP contribution < -0.4 is 4.74 Å². The van der Waals surface area contributed by atoms with Crippen LogP contribution in [0.3, 0.4) is 0 Å². The molecule has 0 spiro atoms. The fraction of sp³-hybridized carbons (Fsp3) is 0.667. The summed E-state index contributed by atoms with van der Waals surface area (Å²) < 4.78 is 33.3. The van der Waals surface area contributed by atoms with E-state index in [9.17, 15) is 8.78 Å². The number of aryl methyl sites for hydroxylation is 2. The maximum atomic E-state index is 13.6. The third kappa shape index (κ3) is 2.09. The Morgan fingerprint density at radius 3 is 2.60 bits per heavy atom. The van der Waals surface area contributed by atoms with E-state index in [-0.39, 0.29) is 17.1 Å². The van der Waals surface area contributed by atoms with Crippen LogP contribution in [0.1, 0.15) is 17.7 Å². The largest absolute Gasteiger partial charge is 0.481 e. The summed E-state index contributed by atoms with van der Waals surface area (Å²) >= 11 is 0. The van der Waals surface area contributed by atoms with Crippen molar-refractivity contribution in [2.75, 3.05) is 13.7 Å². The van der Waals surface area contributed by atoms with E-state index in [4.69, 9.17) is 9.84 Å². The first-order valence-corrected chi connectivity index (χ1v) is 4.50. The zero-order valence-electron chi connectivity index (χ0n) is 8.92. The second kappa shape index (κ2) is 4.14. The molecule has 4 nitrogen and oxygen atoms in total. The standard InChI is InChI=1S/C9H14F2N2O2/c1-6-7(9(10,11)4-5-14)8(15-3)13(2)12-6/h14H,4-5H2,1-3H3. The smallest absolute Gasteiger partial charge is 0.282 e. The minimum Gasteiger partial charge on any atom is -0.481 e. The van der Waals surface area contributed by atoms with E-state index in [2.05, 4.69) is 5.10 Å². The monoisotopic (exact) mass is 220 g/mol. The highest BCUT2D eigenvalue weighted by Crippen LogP contribution is 2.39. The molecule has 0 radical (unpaired) electrons. The average Bonchev–Trinajstić information content (AvgIpc) is 2.40. The maximum Gasteiger partial charge on any atom is 0.282 e. The molecule has 0 aliphatic rings. The number of methoxy groups -OCH3 is 1. The third-order valence-corrected chi connectivity index (χ3v) is 2.15. The van der Waals surface area contributed by atoms with Crippen molar-refractivity contribution >= 4 is 0 Å². The number of hydrogen-bond donors (Lipinski definition) is 1. The van der Waals surface area contributed by atoms with Gasteiger partial charge in [-0.3, -0.25) is 0 Å². The van der Waals surface area contributed by atoms with Gasteiger partial charge in [-0.05, 0) is 6.92 Å². The van der Waals surface area contributed by atoms with E-state index in [1.165, 1.54) is 25.8 Å². The van der Waals surface area contributed by atoms with Crippen LogP contribution in [-0.4, -0.2) is 28.6 Å². The molecule has 6 heteroatoms. The fourth-order valence-electron chi connectivity index (χ4n) is 1.56. The molecule has 0 unspecified atom stereocenters. The molecule has 0 fully saturated rings. The lowest BCUT2D eigenvalue weighted by atomic mass is 10.1. The minimum absolute atomic E-state index is 0.0333. The number of alkyl halides is 2. The first kappa shape index (κ1) is 11.9. The van der Waals surface area contributed by atoms with Crippen molar-refractivity contribution in [2.45, 2.75) is 19.3 Å². The maximum absolute atomic E-state index is 13.6. The second-order valence-corrected chi connectivity index (χ2v) is 3.27. The summed E-state index contributed by atoms with van der Waals surface area (Å²) in [5.41, 5.74) is -0.0330. The molecule has 0 aromatic carbocycles. The van der Waals surface area contributed by atoms with E-state index in [0.29, 0.717) is 0 Å². The van der Waals surface area contributed by atoms with E-state index >= 15 is 0 Å². The molecule has 0 amide bonds. The molecule has 1 heterocycles. The molecule has 0 saturated carbocycles. The van der Waals surface area contributed by atoms with E-state index in [1.807, 2.05) is 0 Å². The van der Waals surface area contributed by atoms with Crippen molar-refractivity contribution in [3.63, 3.8) is 0 Å². The summed E-state index contributed by atoms with van der Waals surface area (Å²) in [6, 6.07) is 0. The average molecular weight is 220 g/mol. The van der Waals surface area contributed by atoms with Gasteiger partial charge < -0.3 is 9.84 Å². The second-order valence-electron chi connectivity index (χ2n) is 3.27. The van der Waals surface area contributed by atoms with Crippen LogP contribution in [0.5, 0.6) is 5.88 Å². The van der Waals surface area contributed by atoms with Crippen molar-refractivity contribution in [3.05, 3.63) is 11.3 Å². The van der Waals surface area contributed by atoms with Gasteiger partial charge in [0.25, 0.3) is 5.92 Å². The van der Waals surface area contributed by atoms with Gasteiger partial charge in [0.1, 0.15) is 5.56 Å². The number of aromatic nitrogens is 2. The first-order valence-electron chi connectivity index (χ1n) is 4.50. The summed E-state index contributed by atoms with van der Waals surface area (Å²) in [5.74, 6) is -3.08. The Balaban J connectivity index is 3.22. The van der Waals surface area contributed by atoms with Gasteiger partial charge >= 0.3 is 0 Å². The Labute approximate surface area is 86.5 Å². The Hall–Kier alpha value is -1.17. The molecule has 0 bridgehead atoms. The number of nitrogens with zero attached hydrogens (tertiary/aromatic N) is 2. The van der Waals surface area contributed by atoms with Gasteiger partial charge in [0, 0.05) is 20.1 Å². The summed E-state index contributed by atoms with van der Waals surface area (Å²) in [6.45, 7) is 0.910. The van der Waals surface area contributed by atoms with Gasteiger partial charge in [0.05, 0.1) is 12.8 Å². The first-order chi connectivity index (χ1) is 6.94. The van der Waals surface area contributed by atoms with Gasteiger partial charge in [0.15, 0.2) is 0 Å². The van der Waals surface area contributed by atoms with E-state index in [0.717, 1.165) is 0 Å². The summed E-state index contributed by atoms with van der Waals surface area (Å²) in [5, 5.41) is 12.4. The molecule has 0 aliphatic carbocycles. The highest BCUT2D eigenvalue weighted by molar-refractivity contribution is 5.35. The number of halogens is 2. The van der Waals surface area contributed by atoms with Crippen LogP contribution in [0.4, 0.5) is 8.78 Å². The lowest BCUT2D eigenvalue weighted by Gasteiger charge is -2.15. The molecule has 1 N–H and O–H groups in total. The number of aliphatic hydroxyl groups excluding tert-OH is 1. The number of ether oxygens (including phenoxy) is 1. The van der Waals surface area contributed by atoms with Gasteiger partial charge in [-0.25, -0.2) is 13.5 Å². The van der Waals surface area contributed by atoms with E-state index in [1.54, 1.807) is 0 Å². The van der Waals surface area contributed by atoms with Crippen LogP contribution in [0.25, 0.3) is 0 Å². The van der Waals surface area contributed by atoms with Crippen LogP contribution in [0.2, 0.25) is 0 Å². The molecule has 1 aromatic rings. The predicted molar refractivity (Wildman–Crippen MR) is 50.1 cm³/mol. The van der Waals surface area contributed by atoms with E-state index < -0.39 is 19.0 Å².